The van der Waals surface area contributed by atoms with Crippen molar-refractivity contribution in [3.8, 4) is 0 Å². The summed E-state index contributed by atoms with van der Waals surface area (Å²) in [6, 6.07) is -0.796. The van der Waals surface area contributed by atoms with E-state index in [9.17, 15) is 9.59 Å². The molecule has 0 spiro atoms. The number of rotatable bonds is 14. The van der Waals surface area contributed by atoms with E-state index in [2.05, 4.69) is 12.2 Å². The van der Waals surface area contributed by atoms with Crippen LogP contribution in [0.1, 0.15) is 77.6 Å². The largest absolute Gasteiger partial charge is 0.480 e. The maximum atomic E-state index is 11.7. The van der Waals surface area contributed by atoms with Crippen molar-refractivity contribution in [2.45, 2.75) is 83.6 Å². The van der Waals surface area contributed by atoms with Crippen LogP contribution in [0.3, 0.4) is 0 Å². The Hall–Kier alpha value is -1.10. The van der Waals surface area contributed by atoms with Gasteiger partial charge in [-0.05, 0) is 25.8 Å². The molecule has 0 aromatic carbocycles. The lowest BCUT2D eigenvalue weighted by molar-refractivity contribution is -0.142. The number of carboxylic acids is 1. The molecule has 5 nitrogen and oxygen atoms in total. The monoisotopic (exact) mass is 300 g/mol. The normalized spacial score (nSPS) is 12.1. The number of aliphatic carboxylic acids is 1. The summed E-state index contributed by atoms with van der Waals surface area (Å²) in [5.41, 5.74) is 5.36. The number of amides is 1. The molecule has 0 heterocycles. The van der Waals surface area contributed by atoms with Crippen molar-refractivity contribution in [3.05, 3.63) is 0 Å². The quantitative estimate of drug-likeness (QED) is 0.430. The molecule has 1 amide bonds. The van der Waals surface area contributed by atoms with Gasteiger partial charge in [0.15, 0.2) is 0 Å². The summed E-state index contributed by atoms with van der Waals surface area (Å²) < 4.78 is 0. The first kappa shape index (κ1) is 19.9. The number of hydrogen-bond acceptors (Lipinski definition) is 3. The molecule has 0 bridgehead atoms. The van der Waals surface area contributed by atoms with Gasteiger partial charge in [-0.1, -0.05) is 51.9 Å². The average Bonchev–Trinajstić information content (AvgIpc) is 2.46. The molecule has 5 heteroatoms. The lowest BCUT2D eigenvalue weighted by atomic mass is 10.1. The molecule has 4 N–H and O–H groups in total. The molecule has 1 atom stereocenters. The zero-order valence-corrected chi connectivity index (χ0v) is 13.4. The van der Waals surface area contributed by atoms with Gasteiger partial charge < -0.3 is 16.2 Å². The summed E-state index contributed by atoms with van der Waals surface area (Å²) in [6.07, 6.45) is 10.8. The second kappa shape index (κ2) is 13.9. The lowest BCUT2D eigenvalue weighted by Crippen LogP contribution is -2.40. The van der Waals surface area contributed by atoms with Crippen LogP contribution in [-0.4, -0.2) is 29.6 Å². The lowest BCUT2D eigenvalue weighted by Gasteiger charge is -2.13. The van der Waals surface area contributed by atoms with Crippen LogP contribution in [0.15, 0.2) is 0 Å². The summed E-state index contributed by atoms with van der Waals surface area (Å²) in [6.45, 7) is 2.65. The number of nitrogens with one attached hydrogen (secondary N) is 1. The Morgan fingerprint density at radius 1 is 1.00 bits per heavy atom. The predicted octanol–water partition coefficient (Wildman–Crippen LogP) is 2.83. The number of unbranched alkanes of at least 4 members (excludes halogenated alkanes) is 7. The summed E-state index contributed by atoms with van der Waals surface area (Å²) >= 11 is 0. The highest BCUT2D eigenvalue weighted by atomic mass is 16.4. The van der Waals surface area contributed by atoms with Crippen molar-refractivity contribution in [1.29, 1.82) is 0 Å². The Labute approximate surface area is 128 Å². The van der Waals surface area contributed by atoms with E-state index in [0.29, 0.717) is 25.8 Å². The summed E-state index contributed by atoms with van der Waals surface area (Å²) in [7, 11) is 0. The third-order valence-corrected chi connectivity index (χ3v) is 3.59. The SMILES string of the molecule is CCCCCCCCCCC(=O)N[C@@H](CCCN)C(=O)O. The van der Waals surface area contributed by atoms with Crippen LogP contribution in [-0.2, 0) is 9.59 Å². The number of carbonyl (C=O) groups is 2. The average molecular weight is 300 g/mol. The Bertz CT molecular complexity index is 283. The molecule has 0 unspecified atom stereocenters. The van der Waals surface area contributed by atoms with E-state index in [0.717, 1.165) is 19.3 Å². The summed E-state index contributed by atoms with van der Waals surface area (Å²) in [5, 5.41) is 11.6. The van der Waals surface area contributed by atoms with Gasteiger partial charge in [0.05, 0.1) is 0 Å². The molecule has 0 radical (unpaired) electrons. The van der Waals surface area contributed by atoms with E-state index in [1.807, 2.05) is 0 Å². The molecule has 0 aliphatic rings. The van der Waals surface area contributed by atoms with Crippen LogP contribution in [0.2, 0.25) is 0 Å². The van der Waals surface area contributed by atoms with Gasteiger partial charge in [0, 0.05) is 6.42 Å². The van der Waals surface area contributed by atoms with Gasteiger partial charge in [0.1, 0.15) is 6.04 Å². The smallest absolute Gasteiger partial charge is 0.326 e. The third kappa shape index (κ3) is 12.4. The summed E-state index contributed by atoms with van der Waals surface area (Å²) in [4.78, 5) is 22.7. The van der Waals surface area contributed by atoms with Gasteiger partial charge in [-0.2, -0.15) is 0 Å². The van der Waals surface area contributed by atoms with E-state index in [-0.39, 0.29) is 5.91 Å². The van der Waals surface area contributed by atoms with E-state index < -0.39 is 12.0 Å². The fourth-order valence-electron chi connectivity index (χ4n) is 2.27. The Morgan fingerprint density at radius 2 is 1.57 bits per heavy atom. The van der Waals surface area contributed by atoms with Crippen LogP contribution in [0.5, 0.6) is 0 Å². The van der Waals surface area contributed by atoms with E-state index in [4.69, 9.17) is 10.8 Å². The van der Waals surface area contributed by atoms with Crippen molar-refractivity contribution < 1.29 is 14.7 Å². The molecular formula is C16H32N2O3. The van der Waals surface area contributed by atoms with Gasteiger partial charge in [-0.15, -0.1) is 0 Å². The van der Waals surface area contributed by atoms with Crippen LogP contribution in [0, 0.1) is 0 Å². The van der Waals surface area contributed by atoms with Crippen molar-refractivity contribution in [2.24, 2.45) is 5.73 Å². The van der Waals surface area contributed by atoms with Crippen LogP contribution < -0.4 is 11.1 Å². The topological polar surface area (TPSA) is 92.4 Å². The second-order valence-corrected chi connectivity index (χ2v) is 5.61. The molecule has 0 aliphatic heterocycles. The minimum Gasteiger partial charge on any atom is -0.480 e. The highest BCUT2D eigenvalue weighted by Crippen LogP contribution is 2.09. The first-order valence-corrected chi connectivity index (χ1v) is 8.34. The fourth-order valence-corrected chi connectivity index (χ4v) is 2.27. The van der Waals surface area contributed by atoms with Crippen molar-refractivity contribution in [2.75, 3.05) is 6.54 Å². The molecule has 124 valence electrons. The van der Waals surface area contributed by atoms with Gasteiger partial charge in [-0.3, -0.25) is 4.79 Å². The van der Waals surface area contributed by atoms with Crippen LogP contribution in [0.4, 0.5) is 0 Å². The standard InChI is InChI=1S/C16H32N2O3/c1-2-3-4-5-6-7-8-9-12-15(19)18-14(16(20)21)11-10-13-17/h14H,2-13,17H2,1H3,(H,18,19)(H,20,21)/t14-/m0/s1. The maximum Gasteiger partial charge on any atom is 0.326 e. The molecule has 0 saturated carbocycles. The molecule has 0 fully saturated rings. The van der Waals surface area contributed by atoms with E-state index in [1.54, 1.807) is 0 Å². The highest BCUT2D eigenvalue weighted by molar-refractivity contribution is 5.83. The van der Waals surface area contributed by atoms with Gasteiger partial charge in [-0.25, -0.2) is 4.79 Å². The molecule has 21 heavy (non-hydrogen) atoms. The van der Waals surface area contributed by atoms with Crippen molar-refractivity contribution in [1.82, 2.24) is 5.32 Å². The minimum absolute atomic E-state index is 0.162. The number of carboxylic acid groups (broad SMARTS) is 1. The number of nitrogens with two attached hydrogens (primary N) is 1. The maximum absolute atomic E-state index is 11.7. The zero-order chi connectivity index (χ0) is 15.9. The molecule has 0 aliphatic carbocycles. The van der Waals surface area contributed by atoms with E-state index >= 15 is 0 Å². The molecule has 0 saturated heterocycles. The Kier molecular flexibility index (Phi) is 13.1. The molecule has 0 aromatic rings. The Morgan fingerprint density at radius 3 is 2.10 bits per heavy atom. The second-order valence-electron chi connectivity index (χ2n) is 5.61. The highest BCUT2D eigenvalue weighted by Gasteiger charge is 2.18. The van der Waals surface area contributed by atoms with Crippen molar-refractivity contribution in [3.63, 3.8) is 0 Å². The molecule has 0 aromatic heterocycles. The first-order chi connectivity index (χ1) is 10.1. The minimum atomic E-state index is -0.979. The zero-order valence-electron chi connectivity index (χ0n) is 13.4. The predicted molar refractivity (Wildman–Crippen MR) is 85.1 cm³/mol. The van der Waals surface area contributed by atoms with Gasteiger partial charge >= 0.3 is 5.97 Å². The fraction of sp³-hybridized carbons (Fsp3) is 0.875. The summed E-state index contributed by atoms with van der Waals surface area (Å²) in [5.74, 6) is -1.14. The van der Waals surface area contributed by atoms with Gasteiger partial charge in [0.25, 0.3) is 0 Å². The van der Waals surface area contributed by atoms with Gasteiger partial charge in [0.2, 0.25) is 5.91 Å². The van der Waals surface area contributed by atoms with Crippen LogP contribution >= 0.6 is 0 Å². The Balaban J connectivity index is 3.61. The third-order valence-electron chi connectivity index (χ3n) is 3.59. The van der Waals surface area contributed by atoms with Crippen molar-refractivity contribution >= 4 is 11.9 Å². The van der Waals surface area contributed by atoms with E-state index in [1.165, 1.54) is 32.1 Å². The first-order valence-electron chi connectivity index (χ1n) is 8.34. The van der Waals surface area contributed by atoms with Crippen LogP contribution in [0.25, 0.3) is 0 Å². The molecule has 0 rings (SSSR count). The molecular weight excluding hydrogens is 268 g/mol. The number of carbonyl (C=O) groups excluding carboxylic acids is 1. The number of hydrogen-bond donors (Lipinski definition) is 3.